The van der Waals surface area contributed by atoms with Gasteiger partial charge in [-0.25, -0.2) is 4.98 Å². The van der Waals surface area contributed by atoms with E-state index < -0.39 is 0 Å². The Morgan fingerprint density at radius 3 is 2.44 bits per heavy atom. The Kier molecular flexibility index (Phi) is 6.09. The molecule has 0 aliphatic rings. The minimum Gasteiger partial charge on any atom is -0.348 e. The van der Waals surface area contributed by atoms with Crippen LogP contribution in [0.2, 0.25) is 0 Å². The monoisotopic (exact) mass is 269 g/mol. The Morgan fingerprint density at radius 1 is 1.28 bits per heavy atom. The first-order valence-corrected chi connectivity index (χ1v) is 7.73. The predicted octanol–water partition coefficient (Wildman–Crippen LogP) is 3.61. The smallest absolute Gasteiger partial charge is 0.185 e. The van der Waals surface area contributed by atoms with Crippen molar-refractivity contribution in [3.63, 3.8) is 0 Å². The Labute approximate surface area is 116 Å². The molecule has 1 rings (SSSR count). The molecule has 1 N–H and O–H groups in total. The summed E-state index contributed by atoms with van der Waals surface area (Å²) in [5.41, 5.74) is 1.28. The number of nitrogens with one attached hydrogen (secondary N) is 1. The van der Waals surface area contributed by atoms with Gasteiger partial charge in [0.15, 0.2) is 5.13 Å². The van der Waals surface area contributed by atoms with Gasteiger partial charge in [0.05, 0.1) is 5.69 Å². The molecule has 2 unspecified atom stereocenters. The van der Waals surface area contributed by atoms with E-state index in [-0.39, 0.29) is 0 Å². The molecule has 0 aromatic carbocycles. The Hall–Kier alpha value is -0.610. The number of aromatic nitrogens is 1. The van der Waals surface area contributed by atoms with Crippen LogP contribution in [0.1, 0.15) is 57.0 Å². The summed E-state index contributed by atoms with van der Waals surface area (Å²) >= 11 is 1.83. The van der Waals surface area contributed by atoms with Crippen LogP contribution in [0.3, 0.4) is 0 Å². The van der Waals surface area contributed by atoms with Gasteiger partial charge < -0.3 is 10.2 Å². The maximum absolute atomic E-state index is 4.87. The minimum absolute atomic E-state index is 0.545. The molecule has 0 bridgehead atoms. The maximum atomic E-state index is 4.87. The molecule has 0 radical (unpaired) electrons. The summed E-state index contributed by atoms with van der Waals surface area (Å²) in [4.78, 5) is 8.56. The first-order chi connectivity index (χ1) is 8.54. The summed E-state index contributed by atoms with van der Waals surface area (Å²) in [6, 6.07) is 0.545. The van der Waals surface area contributed by atoms with Crippen LogP contribution in [-0.4, -0.2) is 25.1 Å². The molecular weight excluding hydrogens is 242 g/mol. The first-order valence-electron chi connectivity index (χ1n) is 6.92. The molecule has 0 amide bonds. The van der Waals surface area contributed by atoms with Crippen molar-refractivity contribution in [2.24, 2.45) is 0 Å². The highest BCUT2D eigenvalue weighted by Gasteiger charge is 2.19. The van der Waals surface area contributed by atoms with Crippen molar-refractivity contribution in [2.75, 3.05) is 19.0 Å². The van der Waals surface area contributed by atoms with E-state index >= 15 is 0 Å². The van der Waals surface area contributed by atoms with E-state index in [2.05, 4.69) is 45.0 Å². The molecule has 104 valence electrons. The van der Waals surface area contributed by atoms with Gasteiger partial charge in [-0.05, 0) is 32.7 Å². The van der Waals surface area contributed by atoms with Crippen molar-refractivity contribution in [1.29, 1.82) is 0 Å². The van der Waals surface area contributed by atoms with Crippen LogP contribution in [0.5, 0.6) is 0 Å². The fourth-order valence-electron chi connectivity index (χ4n) is 1.83. The topological polar surface area (TPSA) is 28.2 Å². The molecule has 1 aromatic heterocycles. The lowest BCUT2D eigenvalue weighted by atomic mass is 10.0. The third-order valence-electron chi connectivity index (χ3n) is 3.69. The molecule has 3 nitrogen and oxygen atoms in total. The van der Waals surface area contributed by atoms with Gasteiger partial charge in [0, 0.05) is 24.5 Å². The van der Waals surface area contributed by atoms with E-state index in [1.165, 1.54) is 10.6 Å². The van der Waals surface area contributed by atoms with Gasteiger partial charge in [-0.3, -0.25) is 0 Å². The van der Waals surface area contributed by atoms with Crippen molar-refractivity contribution < 1.29 is 0 Å². The van der Waals surface area contributed by atoms with E-state index in [0.29, 0.717) is 12.0 Å². The van der Waals surface area contributed by atoms with Crippen LogP contribution in [0.4, 0.5) is 5.13 Å². The van der Waals surface area contributed by atoms with Crippen LogP contribution in [-0.2, 0) is 6.54 Å². The summed E-state index contributed by atoms with van der Waals surface area (Å²) in [6.45, 7) is 9.89. The third kappa shape index (κ3) is 3.45. The van der Waals surface area contributed by atoms with E-state index in [0.717, 1.165) is 24.5 Å². The summed E-state index contributed by atoms with van der Waals surface area (Å²) < 4.78 is 0. The maximum Gasteiger partial charge on any atom is 0.185 e. The Balaban J connectivity index is 3.01. The number of hydrogen-bond donors (Lipinski definition) is 1. The quantitative estimate of drug-likeness (QED) is 0.819. The first kappa shape index (κ1) is 15.4. The van der Waals surface area contributed by atoms with Crippen LogP contribution >= 0.6 is 11.3 Å². The minimum atomic E-state index is 0.545. The third-order valence-corrected chi connectivity index (χ3v) is 4.85. The number of nitrogens with zero attached hydrogens (tertiary/aromatic N) is 2. The molecule has 0 saturated heterocycles. The summed E-state index contributed by atoms with van der Waals surface area (Å²) in [5, 5.41) is 4.41. The molecule has 1 aromatic rings. The highest BCUT2D eigenvalue weighted by Crippen LogP contribution is 2.32. The fraction of sp³-hybridized carbons (Fsp3) is 0.786. The standard InChI is InChI=1S/C14H27N3S/c1-7-10(3)13-12(9-15-5)18-14(16-13)17(6)11(4)8-2/h10-11,15H,7-9H2,1-6H3. The van der Waals surface area contributed by atoms with Gasteiger partial charge in [-0.2, -0.15) is 0 Å². The van der Waals surface area contributed by atoms with Crippen LogP contribution in [0, 0.1) is 0 Å². The Morgan fingerprint density at radius 2 is 1.94 bits per heavy atom. The number of anilines is 1. The molecule has 0 aliphatic carbocycles. The van der Waals surface area contributed by atoms with Crippen molar-refractivity contribution >= 4 is 16.5 Å². The lowest BCUT2D eigenvalue weighted by Crippen LogP contribution is -2.27. The zero-order valence-electron chi connectivity index (χ0n) is 12.6. The SMILES string of the molecule is CCC(C)c1nc(N(C)C(C)CC)sc1CNC. The molecule has 4 heteroatoms. The van der Waals surface area contributed by atoms with Crippen molar-refractivity contribution in [3.8, 4) is 0 Å². The van der Waals surface area contributed by atoms with Crippen LogP contribution < -0.4 is 10.2 Å². The lowest BCUT2D eigenvalue weighted by molar-refractivity contribution is 0.654. The van der Waals surface area contributed by atoms with Crippen LogP contribution in [0.25, 0.3) is 0 Å². The van der Waals surface area contributed by atoms with Gasteiger partial charge >= 0.3 is 0 Å². The summed E-state index contributed by atoms with van der Waals surface area (Å²) in [5.74, 6) is 0.545. The fourth-order valence-corrected chi connectivity index (χ4v) is 3.09. The van der Waals surface area contributed by atoms with Gasteiger partial charge in [-0.1, -0.05) is 20.8 Å². The molecule has 0 saturated carbocycles. The van der Waals surface area contributed by atoms with Crippen molar-refractivity contribution in [2.45, 2.75) is 59.0 Å². The number of thiazole rings is 1. The second kappa shape index (κ2) is 7.10. The molecule has 0 spiro atoms. The van der Waals surface area contributed by atoms with Gasteiger partial charge in [-0.15, -0.1) is 11.3 Å². The average molecular weight is 269 g/mol. The molecule has 18 heavy (non-hydrogen) atoms. The van der Waals surface area contributed by atoms with E-state index in [1.54, 1.807) is 0 Å². The van der Waals surface area contributed by atoms with Gasteiger partial charge in [0.25, 0.3) is 0 Å². The summed E-state index contributed by atoms with van der Waals surface area (Å²) in [6.07, 6.45) is 2.29. The van der Waals surface area contributed by atoms with Gasteiger partial charge in [0.2, 0.25) is 0 Å². The van der Waals surface area contributed by atoms with E-state index in [4.69, 9.17) is 4.98 Å². The Bertz CT molecular complexity index is 362. The highest BCUT2D eigenvalue weighted by molar-refractivity contribution is 7.15. The molecule has 0 fully saturated rings. The molecule has 1 heterocycles. The number of rotatable bonds is 7. The largest absolute Gasteiger partial charge is 0.348 e. The normalized spacial score (nSPS) is 14.6. The molecular formula is C14H27N3S. The summed E-state index contributed by atoms with van der Waals surface area (Å²) in [7, 11) is 4.15. The molecule has 0 aliphatic heterocycles. The second-order valence-corrected chi connectivity index (χ2v) is 6.07. The van der Waals surface area contributed by atoms with Gasteiger partial charge in [0.1, 0.15) is 0 Å². The van der Waals surface area contributed by atoms with Crippen molar-refractivity contribution in [1.82, 2.24) is 10.3 Å². The zero-order chi connectivity index (χ0) is 13.7. The second-order valence-electron chi connectivity index (χ2n) is 5.01. The zero-order valence-corrected chi connectivity index (χ0v) is 13.4. The van der Waals surface area contributed by atoms with E-state index in [1.807, 2.05) is 18.4 Å². The van der Waals surface area contributed by atoms with Crippen molar-refractivity contribution in [3.05, 3.63) is 10.6 Å². The molecule has 2 atom stereocenters. The highest BCUT2D eigenvalue weighted by atomic mass is 32.1. The van der Waals surface area contributed by atoms with Crippen LogP contribution in [0.15, 0.2) is 0 Å². The van der Waals surface area contributed by atoms with E-state index in [9.17, 15) is 0 Å². The lowest BCUT2D eigenvalue weighted by Gasteiger charge is -2.22. The average Bonchev–Trinajstić information content (AvgIpc) is 2.80. The number of hydrogen-bond acceptors (Lipinski definition) is 4. The predicted molar refractivity (Wildman–Crippen MR) is 81.7 cm³/mol.